The number of ether oxygens (including phenoxy) is 3. The largest absolute Gasteiger partial charge is 0.497 e. The van der Waals surface area contributed by atoms with E-state index in [1.165, 1.54) is 70.8 Å². The van der Waals surface area contributed by atoms with Crippen LogP contribution in [0, 0.1) is 0 Å². The predicted octanol–water partition coefficient (Wildman–Crippen LogP) is 1.85. The van der Waals surface area contributed by atoms with E-state index < -0.39 is 71.7 Å². The minimum atomic E-state index is -1.16. The van der Waals surface area contributed by atoms with Gasteiger partial charge in [-0.3, -0.25) is 28.8 Å². The molecule has 3 aromatic carbocycles. The number of nitrogens with zero attached hydrogens (tertiary/aromatic N) is 3. The summed E-state index contributed by atoms with van der Waals surface area (Å²) < 4.78 is 17.0. The molecule has 6 rings (SSSR count). The van der Waals surface area contributed by atoms with E-state index in [1.807, 2.05) is 0 Å². The Bertz CT molecular complexity index is 1950. The molecule has 15 nitrogen and oxygen atoms in total. The highest BCUT2D eigenvalue weighted by atomic mass is 16.5. The maximum absolute atomic E-state index is 14.7. The standard InChI is InChI=1S/C41H50N6O9/c1-23-36(48)43-24(2)39(51)45(4)31(19-26-9-14-29(54-7)15-10-26)38(50)44-25(3)40(52)47(6)33-20-27-11-16-30(17-12-27)56-35-22-28(13-18-34(35)55-8)21-32(37(49)42-23)46(5)41(33)53/h9-18,22-25,31-33H,19-21H2,1-8H3,(H,42,49)(H,43,48)(H,44,50)/t23-,24+,25-,31+,32+,33-/m1/s1. The molecular weight excluding hydrogens is 720 g/mol. The van der Waals surface area contributed by atoms with Crippen LogP contribution in [-0.2, 0) is 48.0 Å². The number of hydrogen-bond donors (Lipinski definition) is 3. The zero-order chi connectivity index (χ0) is 40.8. The summed E-state index contributed by atoms with van der Waals surface area (Å²) in [5.41, 5.74) is 2.03. The van der Waals surface area contributed by atoms with Gasteiger partial charge in [-0.15, -0.1) is 0 Å². The Morgan fingerprint density at radius 1 is 0.607 bits per heavy atom. The lowest BCUT2D eigenvalue weighted by molar-refractivity contribution is -0.149. The smallest absolute Gasteiger partial charge is 0.246 e. The van der Waals surface area contributed by atoms with Gasteiger partial charge in [-0.2, -0.15) is 0 Å². The summed E-state index contributed by atoms with van der Waals surface area (Å²) in [6.45, 7) is 4.46. The second-order valence-corrected chi connectivity index (χ2v) is 14.3. The van der Waals surface area contributed by atoms with Crippen molar-refractivity contribution in [1.82, 2.24) is 30.7 Å². The molecular formula is C41H50N6O9. The molecule has 6 bridgehead atoms. The average molecular weight is 771 g/mol. The van der Waals surface area contributed by atoms with Gasteiger partial charge in [0.15, 0.2) is 11.5 Å². The molecule has 0 aromatic heterocycles. The first-order valence-electron chi connectivity index (χ1n) is 18.4. The lowest BCUT2D eigenvalue weighted by Crippen LogP contribution is -2.61. The number of carbonyl (C=O) groups excluding carboxylic acids is 6. The summed E-state index contributed by atoms with van der Waals surface area (Å²) >= 11 is 0. The van der Waals surface area contributed by atoms with Gasteiger partial charge in [0.2, 0.25) is 35.4 Å². The molecule has 0 aliphatic carbocycles. The zero-order valence-electron chi connectivity index (χ0n) is 33.0. The van der Waals surface area contributed by atoms with Crippen molar-refractivity contribution in [1.29, 1.82) is 0 Å². The molecule has 3 aliphatic heterocycles. The van der Waals surface area contributed by atoms with Gasteiger partial charge in [0.05, 0.1) is 14.2 Å². The first-order valence-corrected chi connectivity index (χ1v) is 18.4. The van der Waals surface area contributed by atoms with Gasteiger partial charge in [-0.1, -0.05) is 30.3 Å². The second kappa shape index (κ2) is 17.6. The number of methoxy groups -OCH3 is 2. The van der Waals surface area contributed by atoms with Crippen molar-refractivity contribution in [3.63, 3.8) is 0 Å². The van der Waals surface area contributed by atoms with Crippen LogP contribution in [0.15, 0.2) is 66.7 Å². The zero-order valence-corrected chi connectivity index (χ0v) is 33.0. The van der Waals surface area contributed by atoms with Crippen molar-refractivity contribution in [3.8, 4) is 23.0 Å². The van der Waals surface area contributed by atoms with E-state index in [-0.39, 0.29) is 19.3 Å². The molecule has 0 spiro atoms. The minimum absolute atomic E-state index is 0.00641. The van der Waals surface area contributed by atoms with Gasteiger partial charge in [0, 0.05) is 40.4 Å². The first kappa shape index (κ1) is 41.1. The normalized spacial score (nSPS) is 24.3. The molecule has 56 heavy (non-hydrogen) atoms. The number of carbonyl (C=O) groups is 6. The van der Waals surface area contributed by atoms with E-state index in [2.05, 4.69) is 16.0 Å². The van der Waals surface area contributed by atoms with Crippen molar-refractivity contribution in [3.05, 3.63) is 83.4 Å². The van der Waals surface area contributed by atoms with Crippen LogP contribution in [-0.4, -0.2) is 122 Å². The van der Waals surface area contributed by atoms with Gasteiger partial charge in [-0.05, 0) is 73.9 Å². The number of fused-ring (bicyclic) bond motifs is 2. The highest BCUT2D eigenvalue weighted by Gasteiger charge is 2.39. The van der Waals surface area contributed by atoms with E-state index >= 15 is 0 Å². The van der Waals surface area contributed by atoms with Crippen molar-refractivity contribution >= 4 is 35.4 Å². The fourth-order valence-electron chi connectivity index (χ4n) is 6.83. The van der Waals surface area contributed by atoms with E-state index in [1.54, 1.807) is 66.7 Å². The molecule has 0 radical (unpaired) electrons. The highest BCUT2D eigenvalue weighted by Crippen LogP contribution is 2.34. The average Bonchev–Trinajstić information content (AvgIpc) is 3.19. The van der Waals surface area contributed by atoms with Crippen molar-refractivity contribution in [2.75, 3.05) is 35.4 Å². The Hall–Kier alpha value is -6.12. The van der Waals surface area contributed by atoms with Crippen LogP contribution in [0.1, 0.15) is 37.5 Å². The Labute approximate surface area is 326 Å². The van der Waals surface area contributed by atoms with Crippen molar-refractivity contribution in [2.24, 2.45) is 0 Å². The van der Waals surface area contributed by atoms with E-state index in [4.69, 9.17) is 14.2 Å². The topological polar surface area (TPSA) is 176 Å². The molecule has 0 unspecified atom stereocenters. The Morgan fingerprint density at radius 2 is 1.16 bits per heavy atom. The summed E-state index contributed by atoms with van der Waals surface area (Å²) in [5, 5.41) is 8.14. The summed E-state index contributed by atoms with van der Waals surface area (Å²) in [5.74, 6) is -1.63. The van der Waals surface area contributed by atoms with Gasteiger partial charge in [-0.25, -0.2) is 0 Å². The molecule has 3 N–H and O–H groups in total. The molecule has 3 heterocycles. The lowest BCUT2D eigenvalue weighted by atomic mass is 9.98. The number of rotatable bonds is 4. The van der Waals surface area contributed by atoms with Gasteiger partial charge in [0.25, 0.3) is 0 Å². The Kier molecular flexibility index (Phi) is 12.9. The summed E-state index contributed by atoms with van der Waals surface area (Å²) in [6.07, 6.45) is 0.139. The number of likely N-dealkylation sites (N-methyl/N-ethyl adjacent to an activating group) is 3. The van der Waals surface area contributed by atoms with Crippen LogP contribution in [0.3, 0.4) is 0 Å². The summed E-state index contributed by atoms with van der Waals surface area (Å²) in [7, 11) is 7.45. The molecule has 6 amide bonds. The maximum Gasteiger partial charge on any atom is 0.246 e. The predicted molar refractivity (Wildman–Crippen MR) is 206 cm³/mol. The van der Waals surface area contributed by atoms with Crippen LogP contribution in [0.25, 0.3) is 0 Å². The third-order valence-electron chi connectivity index (χ3n) is 10.4. The molecule has 6 atom stereocenters. The second-order valence-electron chi connectivity index (χ2n) is 14.3. The molecule has 15 heteroatoms. The third kappa shape index (κ3) is 9.21. The van der Waals surface area contributed by atoms with Crippen LogP contribution in [0.4, 0.5) is 0 Å². The van der Waals surface area contributed by atoms with Crippen molar-refractivity contribution < 1.29 is 43.0 Å². The SMILES string of the molecule is COc1ccc(C[C@H]2C(=O)N[C@H](C)C(=O)N(C)[C@@H]3Cc4ccc(cc4)Oc4cc(ccc4OC)C[C@@H](C(=O)N[C@H](C)C(=O)N[C@@H](C)C(=O)N2C)N(C)C3=O)cc1. The highest BCUT2D eigenvalue weighted by molar-refractivity contribution is 5.98. The Morgan fingerprint density at radius 3 is 1.79 bits per heavy atom. The maximum atomic E-state index is 14.7. The third-order valence-corrected chi connectivity index (χ3v) is 10.4. The van der Waals surface area contributed by atoms with Crippen LogP contribution >= 0.6 is 0 Å². The number of hydrogen-bond acceptors (Lipinski definition) is 9. The molecule has 1 fully saturated rings. The van der Waals surface area contributed by atoms with E-state index in [0.717, 1.165) is 0 Å². The lowest BCUT2D eigenvalue weighted by Gasteiger charge is -2.36. The molecule has 3 aliphatic rings. The molecule has 1 saturated heterocycles. The number of amides is 6. The fraction of sp³-hybridized carbons (Fsp3) is 0.415. The van der Waals surface area contributed by atoms with E-state index in [9.17, 15) is 28.8 Å². The van der Waals surface area contributed by atoms with Gasteiger partial charge >= 0.3 is 0 Å². The van der Waals surface area contributed by atoms with E-state index in [0.29, 0.717) is 39.7 Å². The monoisotopic (exact) mass is 770 g/mol. The first-order chi connectivity index (χ1) is 26.6. The van der Waals surface area contributed by atoms with Crippen LogP contribution < -0.4 is 30.2 Å². The fourth-order valence-corrected chi connectivity index (χ4v) is 6.83. The summed E-state index contributed by atoms with van der Waals surface area (Å²) in [6, 6.07) is 12.5. The van der Waals surface area contributed by atoms with Crippen molar-refractivity contribution in [2.45, 2.75) is 76.3 Å². The molecule has 298 valence electrons. The minimum Gasteiger partial charge on any atom is -0.497 e. The van der Waals surface area contributed by atoms with Gasteiger partial charge in [0.1, 0.15) is 47.8 Å². The van der Waals surface area contributed by atoms with Gasteiger partial charge < -0.3 is 44.9 Å². The quantitative estimate of drug-likeness (QED) is 0.358. The summed E-state index contributed by atoms with van der Waals surface area (Å²) in [4.78, 5) is 88.2. The molecule has 3 aromatic rings. The molecule has 0 saturated carbocycles. The number of benzene rings is 3. The van der Waals surface area contributed by atoms with Crippen LogP contribution in [0.5, 0.6) is 23.0 Å². The Balaban J connectivity index is 1.57. The number of nitrogens with one attached hydrogen (secondary N) is 3. The van der Waals surface area contributed by atoms with Crippen LogP contribution in [0.2, 0.25) is 0 Å².